The standard InChI is InChI=1S/C28H21BrN4O4S2/c1-15-5-2-3-7-19(15)31-20(34)14-32-27-24(39-28(32)37)21(16-6-4-12-30-13-16)22-23(38-27)26(36)33(25(22)35)18-10-8-17(29)9-11-18/h2-13,21-23H,14H2,1H3,(H,31,34). The first-order chi connectivity index (χ1) is 18.8. The molecule has 3 atom stereocenters. The number of fused-ring (bicyclic) bond motifs is 2. The van der Waals surface area contributed by atoms with E-state index in [4.69, 9.17) is 0 Å². The predicted octanol–water partition coefficient (Wildman–Crippen LogP) is 4.81. The summed E-state index contributed by atoms with van der Waals surface area (Å²) in [6.45, 7) is 1.68. The molecule has 0 spiro atoms. The van der Waals surface area contributed by atoms with Gasteiger partial charge in [0.2, 0.25) is 17.7 Å². The minimum absolute atomic E-state index is 0.207. The molecule has 2 aromatic heterocycles. The summed E-state index contributed by atoms with van der Waals surface area (Å²) in [6.07, 6.45) is 3.31. The normalized spacial score (nSPS) is 20.1. The van der Waals surface area contributed by atoms with Crippen molar-refractivity contribution >= 4 is 68.1 Å². The van der Waals surface area contributed by atoms with Gasteiger partial charge in [0.05, 0.1) is 16.6 Å². The molecule has 2 aliphatic rings. The molecule has 39 heavy (non-hydrogen) atoms. The van der Waals surface area contributed by atoms with Gasteiger partial charge in [-0.15, -0.1) is 0 Å². The zero-order valence-corrected chi connectivity index (χ0v) is 23.8. The third-order valence-corrected chi connectivity index (χ3v) is 10.0. The number of carbonyl (C=O) groups is 3. The molecule has 11 heteroatoms. The number of anilines is 2. The molecule has 196 valence electrons. The van der Waals surface area contributed by atoms with Gasteiger partial charge in [0.15, 0.2) is 0 Å². The molecule has 3 amide bonds. The van der Waals surface area contributed by atoms with Gasteiger partial charge < -0.3 is 5.32 Å². The van der Waals surface area contributed by atoms with Crippen LogP contribution >= 0.6 is 39.0 Å². The highest BCUT2D eigenvalue weighted by atomic mass is 79.9. The summed E-state index contributed by atoms with van der Waals surface area (Å²) in [5.41, 5.74) is 2.81. The molecule has 8 nitrogen and oxygen atoms in total. The maximum absolute atomic E-state index is 13.8. The van der Waals surface area contributed by atoms with Crippen molar-refractivity contribution in [2.24, 2.45) is 5.92 Å². The van der Waals surface area contributed by atoms with Crippen LogP contribution in [0, 0.1) is 12.8 Å². The molecule has 1 fully saturated rings. The number of amides is 3. The number of aromatic nitrogens is 2. The van der Waals surface area contributed by atoms with Crippen LogP contribution in [0.15, 0.2) is 87.4 Å². The Morgan fingerprint density at radius 2 is 1.79 bits per heavy atom. The summed E-state index contributed by atoms with van der Waals surface area (Å²) in [6, 6.07) is 18.0. The van der Waals surface area contributed by atoms with Crippen molar-refractivity contribution in [2.75, 3.05) is 10.2 Å². The SMILES string of the molecule is Cc1ccccc1NC(=O)Cn1c2c(sc1=O)C(c1cccnc1)C1C(=O)N(c3ccc(Br)cc3)C(=O)C1S2. The average molecular weight is 622 g/mol. The number of benzene rings is 2. The Balaban J connectivity index is 1.40. The third-order valence-electron chi connectivity index (χ3n) is 6.90. The number of pyridine rings is 1. The molecule has 0 bridgehead atoms. The number of rotatable bonds is 5. The van der Waals surface area contributed by atoms with Crippen LogP contribution in [-0.2, 0) is 20.9 Å². The molecule has 1 saturated heterocycles. The number of thiazole rings is 1. The summed E-state index contributed by atoms with van der Waals surface area (Å²) in [7, 11) is 0. The number of carbonyl (C=O) groups excluding carboxylic acids is 3. The fourth-order valence-electron chi connectivity index (χ4n) is 5.07. The van der Waals surface area contributed by atoms with E-state index in [2.05, 4.69) is 26.2 Å². The van der Waals surface area contributed by atoms with E-state index in [0.717, 1.165) is 26.9 Å². The minimum atomic E-state index is -0.751. The van der Waals surface area contributed by atoms with Crippen molar-refractivity contribution in [1.82, 2.24) is 9.55 Å². The van der Waals surface area contributed by atoms with Gasteiger partial charge in [-0.3, -0.25) is 28.7 Å². The van der Waals surface area contributed by atoms with Gasteiger partial charge in [-0.25, -0.2) is 4.90 Å². The second-order valence-corrected chi connectivity index (χ2v) is 12.3. The Labute approximate surface area is 240 Å². The molecule has 4 heterocycles. The molecule has 3 unspecified atom stereocenters. The Morgan fingerprint density at radius 3 is 2.51 bits per heavy atom. The summed E-state index contributed by atoms with van der Waals surface area (Å²) in [4.78, 5) is 59.7. The zero-order valence-electron chi connectivity index (χ0n) is 20.5. The highest BCUT2D eigenvalue weighted by Gasteiger charge is 2.56. The van der Waals surface area contributed by atoms with Crippen molar-refractivity contribution in [1.29, 1.82) is 0 Å². The van der Waals surface area contributed by atoms with Crippen molar-refractivity contribution in [3.8, 4) is 0 Å². The van der Waals surface area contributed by atoms with Crippen molar-refractivity contribution in [3.63, 3.8) is 0 Å². The molecule has 0 saturated carbocycles. The monoisotopic (exact) mass is 620 g/mol. The maximum Gasteiger partial charge on any atom is 0.308 e. The number of para-hydroxylation sites is 1. The number of nitrogens with one attached hydrogen (secondary N) is 1. The van der Waals surface area contributed by atoms with Gasteiger partial charge in [-0.2, -0.15) is 0 Å². The third kappa shape index (κ3) is 4.54. The number of nitrogens with zero attached hydrogens (tertiary/aromatic N) is 3. The lowest BCUT2D eigenvalue weighted by atomic mass is 9.84. The van der Waals surface area contributed by atoms with Crippen LogP contribution in [0.2, 0.25) is 0 Å². The minimum Gasteiger partial charge on any atom is -0.324 e. The maximum atomic E-state index is 13.8. The topological polar surface area (TPSA) is 101 Å². The second-order valence-electron chi connectivity index (χ2n) is 9.30. The summed E-state index contributed by atoms with van der Waals surface area (Å²) in [5, 5.41) is 2.66. The van der Waals surface area contributed by atoms with E-state index in [9.17, 15) is 19.2 Å². The van der Waals surface area contributed by atoms with Gasteiger partial charge in [0, 0.05) is 33.3 Å². The summed E-state index contributed by atoms with van der Waals surface area (Å²) < 4.78 is 2.25. The fourth-order valence-corrected chi connectivity index (χ4v) is 8.10. The van der Waals surface area contributed by atoms with E-state index in [0.29, 0.717) is 21.3 Å². The molecular formula is C28H21BrN4O4S2. The van der Waals surface area contributed by atoms with Crippen LogP contribution in [0.4, 0.5) is 11.4 Å². The number of halogens is 1. The highest BCUT2D eigenvalue weighted by molar-refractivity contribution is 9.10. The van der Waals surface area contributed by atoms with Crippen LogP contribution in [-0.4, -0.2) is 32.5 Å². The largest absolute Gasteiger partial charge is 0.324 e. The van der Waals surface area contributed by atoms with E-state index in [1.807, 2.05) is 31.2 Å². The molecule has 0 aliphatic carbocycles. The van der Waals surface area contributed by atoms with E-state index in [-0.39, 0.29) is 29.1 Å². The van der Waals surface area contributed by atoms with Crippen LogP contribution in [0.3, 0.4) is 0 Å². The molecule has 2 aliphatic heterocycles. The van der Waals surface area contributed by atoms with E-state index in [1.54, 1.807) is 48.8 Å². The number of thioether (sulfide) groups is 1. The molecular weight excluding hydrogens is 600 g/mol. The smallest absolute Gasteiger partial charge is 0.308 e. The molecule has 4 aromatic rings. The Hall–Kier alpha value is -3.54. The number of hydrogen-bond acceptors (Lipinski definition) is 7. The summed E-state index contributed by atoms with van der Waals surface area (Å²) in [5.74, 6) is -2.27. The Kier molecular flexibility index (Phi) is 6.74. The predicted molar refractivity (Wildman–Crippen MR) is 154 cm³/mol. The van der Waals surface area contributed by atoms with Gasteiger partial charge >= 0.3 is 4.87 Å². The quantitative estimate of drug-likeness (QED) is 0.321. The van der Waals surface area contributed by atoms with Gasteiger partial charge in [-0.05, 0) is 54.4 Å². The van der Waals surface area contributed by atoms with E-state index < -0.39 is 17.1 Å². The van der Waals surface area contributed by atoms with Crippen molar-refractivity contribution in [2.45, 2.75) is 29.7 Å². The number of imide groups is 1. The average Bonchev–Trinajstić information content (AvgIpc) is 3.37. The van der Waals surface area contributed by atoms with Crippen LogP contribution < -0.4 is 15.1 Å². The van der Waals surface area contributed by atoms with Crippen LogP contribution in [0.1, 0.15) is 21.9 Å². The van der Waals surface area contributed by atoms with Crippen LogP contribution in [0.25, 0.3) is 0 Å². The van der Waals surface area contributed by atoms with E-state index in [1.165, 1.54) is 21.2 Å². The number of aryl methyl sites for hydroxylation is 1. The molecule has 6 rings (SSSR count). The molecule has 2 aromatic carbocycles. The number of hydrogen-bond donors (Lipinski definition) is 1. The van der Waals surface area contributed by atoms with Crippen molar-refractivity contribution < 1.29 is 14.4 Å². The van der Waals surface area contributed by atoms with Gasteiger partial charge in [-0.1, -0.05) is 63.3 Å². The highest BCUT2D eigenvalue weighted by Crippen LogP contribution is 2.53. The van der Waals surface area contributed by atoms with Crippen molar-refractivity contribution in [3.05, 3.63) is 103 Å². The first-order valence-corrected chi connectivity index (χ1v) is 14.6. The molecule has 0 radical (unpaired) electrons. The van der Waals surface area contributed by atoms with Gasteiger partial charge in [0.1, 0.15) is 11.8 Å². The van der Waals surface area contributed by atoms with Gasteiger partial charge in [0.25, 0.3) is 0 Å². The summed E-state index contributed by atoms with van der Waals surface area (Å²) >= 11 is 5.60. The molecule has 1 N–H and O–H groups in total. The van der Waals surface area contributed by atoms with Crippen LogP contribution in [0.5, 0.6) is 0 Å². The Morgan fingerprint density at radius 1 is 1.03 bits per heavy atom. The lowest BCUT2D eigenvalue weighted by molar-refractivity contribution is -0.122. The second kappa shape index (κ2) is 10.2. The first-order valence-electron chi connectivity index (χ1n) is 12.1. The zero-order chi connectivity index (χ0) is 27.3. The van der Waals surface area contributed by atoms with E-state index >= 15 is 0 Å². The first kappa shape index (κ1) is 25.7. The fraction of sp³-hybridized carbons (Fsp3) is 0.179. The lowest BCUT2D eigenvalue weighted by Gasteiger charge is -2.30. The lowest BCUT2D eigenvalue weighted by Crippen LogP contribution is -2.33. The Bertz CT molecular complexity index is 1670.